The molecule has 0 amide bonds. The number of para-hydroxylation sites is 1. The normalized spacial score (nSPS) is 18.2. The van der Waals surface area contributed by atoms with E-state index in [1.165, 1.54) is 11.8 Å². The van der Waals surface area contributed by atoms with Crippen LogP contribution in [-0.4, -0.2) is 52.5 Å². The number of hydrogen-bond donors (Lipinski definition) is 0. The van der Waals surface area contributed by atoms with Crippen LogP contribution in [0.1, 0.15) is 6.42 Å². The van der Waals surface area contributed by atoms with Gasteiger partial charge in [-0.3, -0.25) is 9.36 Å². The number of esters is 1. The number of carbonyl (C=O) groups excluding carboxylic acids is 1. The highest BCUT2D eigenvalue weighted by atomic mass is 32.2. The number of thioether (sulfide) groups is 1. The lowest BCUT2D eigenvalue weighted by Crippen LogP contribution is -2.20. The number of aromatic nitrogens is 3. The van der Waals surface area contributed by atoms with Gasteiger partial charge in [-0.25, -0.2) is 8.42 Å². The summed E-state index contributed by atoms with van der Waals surface area (Å²) >= 11 is 2.78. The molecule has 3 heterocycles. The van der Waals surface area contributed by atoms with Gasteiger partial charge in [0.15, 0.2) is 20.8 Å². The maximum atomic E-state index is 12.2. The molecule has 1 atom stereocenters. The number of thiophene rings is 1. The van der Waals surface area contributed by atoms with Gasteiger partial charge < -0.3 is 4.74 Å². The molecule has 7 nitrogen and oxygen atoms in total. The quantitative estimate of drug-likeness (QED) is 0.434. The molecule has 0 radical (unpaired) electrons. The zero-order valence-corrected chi connectivity index (χ0v) is 17.2. The molecule has 146 valence electrons. The molecule has 0 aliphatic carbocycles. The lowest BCUT2D eigenvalue weighted by molar-refractivity contribution is -0.144. The molecule has 1 aliphatic heterocycles. The van der Waals surface area contributed by atoms with Crippen molar-refractivity contribution in [2.45, 2.75) is 17.7 Å². The van der Waals surface area contributed by atoms with E-state index in [4.69, 9.17) is 4.74 Å². The second-order valence-corrected chi connectivity index (χ2v) is 10.4. The second kappa shape index (κ2) is 8.06. The van der Waals surface area contributed by atoms with Crippen LogP contribution >= 0.6 is 23.1 Å². The van der Waals surface area contributed by atoms with Crippen LogP contribution in [0.15, 0.2) is 53.0 Å². The van der Waals surface area contributed by atoms with E-state index in [9.17, 15) is 13.2 Å². The third kappa shape index (κ3) is 4.29. The predicted octanol–water partition coefficient (Wildman–Crippen LogP) is 2.82. The molecule has 4 rings (SSSR count). The van der Waals surface area contributed by atoms with Crippen molar-refractivity contribution in [1.82, 2.24) is 14.8 Å². The largest absolute Gasteiger partial charge is 0.461 e. The van der Waals surface area contributed by atoms with Crippen molar-refractivity contribution in [3.8, 4) is 16.4 Å². The Labute approximate surface area is 170 Å². The zero-order chi connectivity index (χ0) is 19.6. The Hall–Kier alpha value is -2.17. The number of rotatable bonds is 6. The van der Waals surface area contributed by atoms with Crippen molar-refractivity contribution in [2.24, 2.45) is 0 Å². The minimum Gasteiger partial charge on any atom is -0.461 e. The van der Waals surface area contributed by atoms with Gasteiger partial charge in [0.1, 0.15) is 6.10 Å². The van der Waals surface area contributed by atoms with Gasteiger partial charge >= 0.3 is 5.97 Å². The third-order valence-corrected chi connectivity index (χ3v) is 7.70. The summed E-state index contributed by atoms with van der Waals surface area (Å²) in [5.41, 5.74) is 0.897. The van der Waals surface area contributed by atoms with Gasteiger partial charge in [-0.05, 0) is 30.0 Å². The van der Waals surface area contributed by atoms with Crippen LogP contribution in [0.3, 0.4) is 0 Å². The first-order chi connectivity index (χ1) is 13.5. The topological polar surface area (TPSA) is 91.2 Å². The summed E-state index contributed by atoms with van der Waals surface area (Å²) in [6.45, 7) is 0. The Balaban J connectivity index is 1.51. The van der Waals surface area contributed by atoms with Gasteiger partial charge in [-0.2, -0.15) is 0 Å². The van der Waals surface area contributed by atoms with Gasteiger partial charge in [0.25, 0.3) is 0 Å². The van der Waals surface area contributed by atoms with Crippen molar-refractivity contribution in [3.63, 3.8) is 0 Å². The minimum absolute atomic E-state index is 0.0337. The van der Waals surface area contributed by atoms with E-state index in [1.807, 2.05) is 52.4 Å². The maximum Gasteiger partial charge on any atom is 0.316 e. The van der Waals surface area contributed by atoms with E-state index in [2.05, 4.69) is 10.2 Å². The maximum absolute atomic E-state index is 12.2. The SMILES string of the molecule is O=C(CSc1nnc(-c2cccs2)n1-c1ccccc1)O[C@@H]1CCS(=O)(=O)C1. The molecule has 0 unspecified atom stereocenters. The molecule has 0 bridgehead atoms. The van der Waals surface area contributed by atoms with Crippen LogP contribution in [0.4, 0.5) is 0 Å². The highest BCUT2D eigenvalue weighted by Gasteiger charge is 2.30. The monoisotopic (exact) mass is 435 g/mol. The second-order valence-electron chi connectivity index (χ2n) is 6.26. The lowest BCUT2D eigenvalue weighted by atomic mass is 10.3. The molecule has 10 heteroatoms. The predicted molar refractivity (Wildman–Crippen MR) is 109 cm³/mol. The summed E-state index contributed by atoms with van der Waals surface area (Å²) in [7, 11) is -3.08. The fourth-order valence-corrected chi connectivity index (χ4v) is 5.96. The molecule has 1 fully saturated rings. The summed E-state index contributed by atoms with van der Waals surface area (Å²) < 4.78 is 30.2. The molecule has 1 aliphatic rings. The highest BCUT2D eigenvalue weighted by molar-refractivity contribution is 7.99. The van der Waals surface area contributed by atoms with E-state index in [0.29, 0.717) is 17.4 Å². The molecule has 0 saturated carbocycles. The van der Waals surface area contributed by atoms with Crippen LogP contribution in [0.2, 0.25) is 0 Å². The van der Waals surface area contributed by atoms with Crippen LogP contribution in [0.5, 0.6) is 0 Å². The van der Waals surface area contributed by atoms with Gasteiger partial charge in [0.2, 0.25) is 0 Å². The molecule has 0 spiro atoms. The van der Waals surface area contributed by atoms with Crippen LogP contribution in [0.25, 0.3) is 16.4 Å². The first kappa shape index (κ1) is 19.2. The Bertz CT molecular complexity index is 1060. The van der Waals surface area contributed by atoms with E-state index in [-0.39, 0.29) is 17.3 Å². The number of nitrogens with zero attached hydrogens (tertiary/aromatic N) is 3. The Morgan fingerprint density at radius 1 is 1.21 bits per heavy atom. The summed E-state index contributed by atoms with van der Waals surface area (Å²) in [6.07, 6.45) is -0.187. The molecule has 1 aromatic carbocycles. The number of hydrogen-bond acceptors (Lipinski definition) is 8. The third-order valence-electron chi connectivity index (χ3n) is 4.20. The van der Waals surface area contributed by atoms with Crippen LogP contribution in [-0.2, 0) is 19.4 Å². The Kier molecular flexibility index (Phi) is 5.51. The molecule has 3 aromatic rings. The van der Waals surface area contributed by atoms with Crippen LogP contribution < -0.4 is 0 Å². The summed E-state index contributed by atoms with van der Waals surface area (Å²) in [5, 5.41) is 11.1. The van der Waals surface area contributed by atoms with Crippen molar-refractivity contribution < 1.29 is 17.9 Å². The smallest absolute Gasteiger partial charge is 0.316 e. The number of ether oxygens (including phenoxy) is 1. The number of carbonyl (C=O) groups is 1. The average molecular weight is 436 g/mol. The number of benzene rings is 1. The molecule has 2 aromatic heterocycles. The van der Waals surface area contributed by atoms with Gasteiger partial charge in [0, 0.05) is 5.69 Å². The highest BCUT2D eigenvalue weighted by Crippen LogP contribution is 2.30. The van der Waals surface area contributed by atoms with Crippen molar-refractivity contribution in [3.05, 3.63) is 47.8 Å². The van der Waals surface area contributed by atoms with E-state index >= 15 is 0 Å². The summed E-state index contributed by atoms with van der Waals surface area (Å²) in [5.74, 6) is 0.272. The van der Waals surface area contributed by atoms with E-state index in [0.717, 1.165) is 10.6 Å². The fraction of sp³-hybridized carbons (Fsp3) is 0.278. The fourth-order valence-electron chi connectivity index (χ4n) is 2.94. The molecule has 1 saturated heterocycles. The Morgan fingerprint density at radius 3 is 2.71 bits per heavy atom. The molecule has 0 N–H and O–H groups in total. The van der Waals surface area contributed by atoms with E-state index in [1.54, 1.807) is 11.3 Å². The van der Waals surface area contributed by atoms with Crippen LogP contribution in [0, 0.1) is 0 Å². The average Bonchev–Trinajstić information content (AvgIpc) is 3.40. The first-order valence-corrected chi connectivity index (χ1v) is 12.3. The van der Waals surface area contributed by atoms with E-state index < -0.39 is 21.9 Å². The Morgan fingerprint density at radius 2 is 2.04 bits per heavy atom. The van der Waals surface area contributed by atoms with Gasteiger partial charge in [0.05, 0.1) is 22.1 Å². The molecule has 28 heavy (non-hydrogen) atoms. The van der Waals surface area contributed by atoms with Gasteiger partial charge in [-0.1, -0.05) is 36.0 Å². The standard InChI is InChI=1S/C18H17N3O4S3/c22-16(25-14-8-10-28(23,24)12-14)11-27-18-20-19-17(15-7-4-9-26-15)21(18)13-5-2-1-3-6-13/h1-7,9,14H,8,10-12H2/t14-/m1/s1. The summed E-state index contributed by atoms with van der Waals surface area (Å²) in [6, 6.07) is 13.6. The lowest BCUT2D eigenvalue weighted by Gasteiger charge is -2.11. The molecular formula is C18H17N3O4S3. The minimum atomic E-state index is -3.08. The van der Waals surface area contributed by atoms with Crippen molar-refractivity contribution >= 4 is 38.9 Å². The van der Waals surface area contributed by atoms with Crippen molar-refractivity contribution in [2.75, 3.05) is 17.3 Å². The van der Waals surface area contributed by atoms with Crippen molar-refractivity contribution in [1.29, 1.82) is 0 Å². The summed E-state index contributed by atoms with van der Waals surface area (Å²) in [4.78, 5) is 13.1. The first-order valence-electron chi connectivity index (χ1n) is 8.59. The number of sulfone groups is 1. The zero-order valence-electron chi connectivity index (χ0n) is 14.7. The van der Waals surface area contributed by atoms with Gasteiger partial charge in [-0.15, -0.1) is 21.5 Å². The molecular weight excluding hydrogens is 418 g/mol.